The minimum atomic E-state index is -0.318. The van der Waals surface area contributed by atoms with Crippen molar-refractivity contribution in [1.82, 2.24) is 14.8 Å². The van der Waals surface area contributed by atoms with Gasteiger partial charge in [-0.1, -0.05) is 42.5 Å². The number of carbonyl (C=O) groups excluding carboxylic acids is 1. The number of nitrogens with zero attached hydrogens (tertiary/aromatic N) is 2. The van der Waals surface area contributed by atoms with Crippen molar-refractivity contribution in [3.63, 3.8) is 0 Å². The third-order valence-corrected chi connectivity index (χ3v) is 5.60. The second kappa shape index (κ2) is 7.72. The van der Waals surface area contributed by atoms with Gasteiger partial charge in [0.05, 0.1) is 19.2 Å². The van der Waals surface area contributed by atoms with E-state index in [4.69, 9.17) is 0 Å². The van der Waals surface area contributed by atoms with E-state index in [2.05, 4.69) is 39.7 Å². The summed E-state index contributed by atoms with van der Waals surface area (Å²) in [6, 6.07) is 20.7. The number of nitrogens with one attached hydrogen (secondary N) is 2. The number of carbonyl (C=O) groups is 1. The number of H-pyrrole nitrogens is 1. The topological polar surface area (TPSA) is 62.7 Å². The Bertz CT molecular complexity index is 1410. The van der Waals surface area contributed by atoms with Crippen LogP contribution in [-0.2, 0) is 17.8 Å². The first-order valence-electron chi connectivity index (χ1n) is 10.1. The standard InChI is InChI=1S/C25H21FN4O/c1-16-21(22-13-19(26)9-10-23(22)28-16)14-25(31)29-24-11-12-27-30(24)15-18-7-4-6-17-5-2-3-8-20(17)18/h2-13,28H,14-15H2,1H3,(H,29,31). The normalized spacial score (nSPS) is 11.3. The lowest BCUT2D eigenvalue weighted by atomic mass is 10.0. The number of fused-ring (bicyclic) bond motifs is 2. The van der Waals surface area contributed by atoms with Crippen molar-refractivity contribution in [2.45, 2.75) is 19.9 Å². The molecule has 1 amide bonds. The van der Waals surface area contributed by atoms with Crippen LogP contribution in [0.5, 0.6) is 0 Å². The van der Waals surface area contributed by atoms with Gasteiger partial charge in [0.1, 0.15) is 11.6 Å². The molecular formula is C25H21FN4O. The third-order valence-electron chi connectivity index (χ3n) is 5.60. The van der Waals surface area contributed by atoms with E-state index in [1.807, 2.05) is 25.1 Å². The predicted octanol–water partition coefficient (Wildman–Crippen LogP) is 5.19. The van der Waals surface area contributed by atoms with E-state index in [0.717, 1.165) is 33.1 Å². The summed E-state index contributed by atoms with van der Waals surface area (Å²) in [5, 5.41) is 10.4. The second-order valence-electron chi connectivity index (χ2n) is 7.66. The van der Waals surface area contributed by atoms with Gasteiger partial charge in [0.15, 0.2) is 0 Å². The van der Waals surface area contributed by atoms with E-state index >= 15 is 0 Å². The van der Waals surface area contributed by atoms with Crippen molar-refractivity contribution in [3.8, 4) is 0 Å². The van der Waals surface area contributed by atoms with Crippen LogP contribution in [0.2, 0.25) is 0 Å². The maximum Gasteiger partial charge on any atom is 0.230 e. The zero-order valence-electron chi connectivity index (χ0n) is 17.0. The number of hydrogen-bond donors (Lipinski definition) is 2. The highest BCUT2D eigenvalue weighted by Crippen LogP contribution is 2.24. The summed E-state index contributed by atoms with van der Waals surface area (Å²) in [6.45, 7) is 2.44. The predicted molar refractivity (Wildman–Crippen MR) is 121 cm³/mol. The quantitative estimate of drug-likeness (QED) is 0.417. The highest BCUT2D eigenvalue weighted by Gasteiger charge is 2.15. The number of aromatic nitrogens is 3. The molecule has 2 heterocycles. The van der Waals surface area contributed by atoms with Crippen LogP contribution in [-0.4, -0.2) is 20.7 Å². The van der Waals surface area contributed by atoms with Crippen LogP contribution in [0, 0.1) is 12.7 Å². The van der Waals surface area contributed by atoms with Crippen molar-refractivity contribution in [2.75, 3.05) is 5.32 Å². The first-order valence-corrected chi connectivity index (χ1v) is 10.1. The fourth-order valence-electron chi connectivity index (χ4n) is 4.09. The number of halogens is 1. The second-order valence-corrected chi connectivity index (χ2v) is 7.66. The largest absolute Gasteiger partial charge is 0.358 e. The zero-order chi connectivity index (χ0) is 21.4. The molecule has 0 saturated heterocycles. The van der Waals surface area contributed by atoms with Crippen LogP contribution in [0.1, 0.15) is 16.8 Å². The van der Waals surface area contributed by atoms with Gasteiger partial charge in [-0.15, -0.1) is 0 Å². The smallest absolute Gasteiger partial charge is 0.230 e. The average molecular weight is 412 g/mol. The fraction of sp³-hybridized carbons (Fsp3) is 0.120. The summed E-state index contributed by atoms with van der Waals surface area (Å²) in [4.78, 5) is 16.0. The molecule has 0 fully saturated rings. The minimum absolute atomic E-state index is 0.148. The Hall–Kier alpha value is -3.93. The molecule has 0 radical (unpaired) electrons. The highest BCUT2D eigenvalue weighted by molar-refractivity contribution is 5.96. The average Bonchev–Trinajstić information content (AvgIpc) is 3.32. The SMILES string of the molecule is Cc1[nH]c2ccc(F)cc2c1CC(=O)Nc1ccnn1Cc1cccc2ccccc12. The van der Waals surface area contributed by atoms with Gasteiger partial charge < -0.3 is 10.3 Å². The van der Waals surface area contributed by atoms with E-state index in [-0.39, 0.29) is 18.1 Å². The van der Waals surface area contributed by atoms with E-state index in [1.54, 1.807) is 23.0 Å². The summed E-state index contributed by atoms with van der Waals surface area (Å²) >= 11 is 0. The van der Waals surface area contributed by atoms with Crippen LogP contribution in [0.4, 0.5) is 10.2 Å². The molecule has 2 N–H and O–H groups in total. The van der Waals surface area contributed by atoms with Gasteiger partial charge in [-0.25, -0.2) is 9.07 Å². The van der Waals surface area contributed by atoms with Crippen molar-refractivity contribution in [2.24, 2.45) is 0 Å². The number of amides is 1. The monoisotopic (exact) mass is 412 g/mol. The van der Waals surface area contributed by atoms with Crippen LogP contribution < -0.4 is 5.32 Å². The Labute approximate surface area is 178 Å². The van der Waals surface area contributed by atoms with Crippen LogP contribution in [0.25, 0.3) is 21.7 Å². The molecule has 0 bridgehead atoms. The lowest BCUT2D eigenvalue weighted by Crippen LogP contribution is -2.18. The summed E-state index contributed by atoms with van der Waals surface area (Å²) < 4.78 is 15.5. The summed E-state index contributed by atoms with van der Waals surface area (Å²) in [5.74, 6) is 0.135. The Morgan fingerprint density at radius 3 is 2.81 bits per heavy atom. The minimum Gasteiger partial charge on any atom is -0.358 e. The molecular weight excluding hydrogens is 391 g/mol. The number of aromatic amines is 1. The molecule has 0 saturated carbocycles. The number of aryl methyl sites for hydroxylation is 1. The van der Waals surface area contributed by atoms with Crippen molar-refractivity contribution in [3.05, 3.63) is 95.6 Å². The van der Waals surface area contributed by atoms with Crippen molar-refractivity contribution in [1.29, 1.82) is 0 Å². The number of rotatable bonds is 5. The molecule has 3 aromatic carbocycles. The summed E-state index contributed by atoms with van der Waals surface area (Å²) in [5.41, 5.74) is 3.61. The molecule has 5 aromatic rings. The molecule has 5 rings (SSSR count). The molecule has 0 atom stereocenters. The molecule has 2 aromatic heterocycles. The Morgan fingerprint density at radius 1 is 1.06 bits per heavy atom. The summed E-state index contributed by atoms with van der Waals surface area (Å²) in [6.07, 6.45) is 1.82. The Morgan fingerprint density at radius 2 is 1.90 bits per heavy atom. The maximum absolute atomic E-state index is 13.7. The molecule has 6 heteroatoms. The zero-order valence-corrected chi connectivity index (χ0v) is 17.0. The fourth-order valence-corrected chi connectivity index (χ4v) is 4.09. The van der Waals surface area contributed by atoms with E-state index < -0.39 is 0 Å². The number of hydrogen-bond acceptors (Lipinski definition) is 2. The van der Waals surface area contributed by atoms with Gasteiger partial charge >= 0.3 is 0 Å². The Kier molecular flexibility index (Phi) is 4.75. The molecule has 154 valence electrons. The number of benzene rings is 3. The molecule has 0 unspecified atom stereocenters. The van der Waals surface area contributed by atoms with Crippen molar-refractivity contribution < 1.29 is 9.18 Å². The maximum atomic E-state index is 13.7. The van der Waals surface area contributed by atoms with Gasteiger partial charge in [0.2, 0.25) is 5.91 Å². The van der Waals surface area contributed by atoms with Gasteiger partial charge in [-0.05, 0) is 47.0 Å². The van der Waals surface area contributed by atoms with Crippen molar-refractivity contribution >= 4 is 33.4 Å². The van der Waals surface area contributed by atoms with E-state index in [9.17, 15) is 9.18 Å². The van der Waals surface area contributed by atoms with Gasteiger partial charge in [-0.3, -0.25) is 4.79 Å². The first-order chi connectivity index (χ1) is 15.1. The van der Waals surface area contributed by atoms with E-state index in [1.165, 1.54) is 17.5 Å². The molecule has 0 aliphatic carbocycles. The lowest BCUT2D eigenvalue weighted by molar-refractivity contribution is -0.115. The van der Waals surface area contributed by atoms with Gasteiger partial charge in [-0.2, -0.15) is 5.10 Å². The highest BCUT2D eigenvalue weighted by atomic mass is 19.1. The molecule has 0 aliphatic rings. The van der Waals surface area contributed by atoms with E-state index in [0.29, 0.717) is 12.4 Å². The van der Waals surface area contributed by atoms with Crippen LogP contribution in [0.3, 0.4) is 0 Å². The van der Waals surface area contributed by atoms with Gasteiger partial charge in [0, 0.05) is 22.7 Å². The molecule has 0 aliphatic heterocycles. The number of anilines is 1. The Balaban J connectivity index is 1.38. The third kappa shape index (κ3) is 3.68. The lowest BCUT2D eigenvalue weighted by Gasteiger charge is -2.11. The summed E-state index contributed by atoms with van der Waals surface area (Å²) in [7, 11) is 0. The molecule has 5 nitrogen and oxygen atoms in total. The molecule has 31 heavy (non-hydrogen) atoms. The van der Waals surface area contributed by atoms with Gasteiger partial charge in [0.25, 0.3) is 0 Å². The first kappa shape index (κ1) is 19.1. The van der Waals surface area contributed by atoms with Crippen LogP contribution in [0.15, 0.2) is 72.9 Å². The molecule has 0 spiro atoms. The van der Waals surface area contributed by atoms with Crippen LogP contribution >= 0.6 is 0 Å².